The van der Waals surface area contributed by atoms with Gasteiger partial charge in [0, 0.05) is 21.3 Å². The number of carbonyl (C=O) groups excluding carboxylic acids is 1. The van der Waals surface area contributed by atoms with Crippen LogP contribution in [0.5, 0.6) is 5.75 Å². The summed E-state index contributed by atoms with van der Waals surface area (Å²) < 4.78 is 20.0. The van der Waals surface area contributed by atoms with Gasteiger partial charge in [-0.3, -0.25) is 4.79 Å². The Morgan fingerprint density at radius 2 is 2.05 bits per heavy atom. The maximum atomic E-state index is 13.8. The monoisotopic (exact) mass is 351 g/mol. The second-order valence-corrected chi connectivity index (χ2v) is 5.49. The topological polar surface area (TPSA) is 52.3 Å². The summed E-state index contributed by atoms with van der Waals surface area (Å²) in [6.07, 6.45) is 0. The summed E-state index contributed by atoms with van der Waals surface area (Å²) >= 11 is 3.32. The number of hydrogen-bond acceptors (Lipinski definition) is 3. The Morgan fingerprint density at radius 3 is 2.67 bits per heavy atom. The van der Waals surface area contributed by atoms with Crippen LogP contribution >= 0.6 is 15.9 Å². The third-order valence-corrected chi connectivity index (χ3v) is 3.63. The smallest absolute Gasteiger partial charge is 0.196 e. The third-order valence-electron chi connectivity index (χ3n) is 3.13. The molecule has 0 unspecified atom stereocenters. The van der Waals surface area contributed by atoms with Gasteiger partial charge in [0.2, 0.25) is 0 Å². The molecule has 2 rings (SSSR count). The molecule has 0 spiro atoms. The van der Waals surface area contributed by atoms with E-state index in [2.05, 4.69) is 15.9 Å². The van der Waals surface area contributed by atoms with Crippen molar-refractivity contribution in [3.63, 3.8) is 0 Å². The number of ketones is 1. The van der Waals surface area contributed by atoms with Crippen molar-refractivity contribution in [2.24, 2.45) is 0 Å². The first-order valence-corrected chi connectivity index (χ1v) is 7.26. The zero-order valence-electron chi connectivity index (χ0n) is 11.7. The minimum atomic E-state index is -0.494. The maximum absolute atomic E-state index is 13.8. The lowest BCUT2D eigenvalue weighted by Crippen LogP contribution is -2.07. The molecule has 21 heavy (non-hydrogen) atoms. The standard InChI is InChI=1S/C16H15BrFNO2/c1-3-21-15-5-4-11(17)8-12(15)16(20)10-6-13(18)9(2)14(19)7-10/h4-8H,3,19H2,1-2H3. The van der Waals surface area contributed by atoms with Crippen molar-refractivity contribution >= 4 is 27.4 Å². The van der Waals surface area contributed by atoms with Gasteiger partial charge >= 0.3 is 0 Å². The lowest BCUT2D eigenvalue weighted by molar-refractivity contribution is 0.103. The van der Waals surface area contributed by atoms with E-state index in [0.29, 0.717) is 23.5 Å². The lowest BCUT2D eigenvalue weighted by atomic mass is 10.00. The summed E-state index contributed by atoms with van der Waals surface area (Å²) in [5, 5.41) is 0. The number of rotatable bonds is 4. The van der Waals surface area contributed by atoms with Gasteiger partial charge in [-0.15, -0.1) is 0 Å². The van der Waals surface area contributed by atoms with Gasteiger partial charge in [-0.25, -0.2) is 4.39 Å². The Balaban J connectivity index is 2.51. The van der Waals surface area contributed by atoms with E-state index in [1.807, 2.05) is 6.92 Å². The van der Waals surface area contributed by atoms with Gasteiger partial charge in [0.25, 0.3) is 0 Å². The van der Waals surface area contributed by atoms with E-state index in [9.17, 15) is 9.18 Å². The Bertz CT molecular complexity index is 678. The molecular formula is C16H15BrFNO2. The lowest BCUT2D eigenvalue weighted by Gasteiger charge is -2.11. The van der Waals surface area contributed by atoms with E-state index < -0.39 is 5.82 Å². The van der Waals surface area contributed by atoms with Gasteiger partial charge in [-0.2, -0.15) is 0 Å². The second-order valence-electron chi connectivity index (χ2n) is 4.57. The van der Waals surface area contributed by atoms with Gasteiger partial charge in [-0.05, 0) is 44.2 Å². The number of halogens is 2. The van der Waals surface area contributed by atoms with E-state index in [4.69, 9.17) is 10.5 Å². The number of ether oxygens (including phenoxy) is 1. The first-order chi connectivity index (χ1) is 9.93. The fraction of sp³-hybridized carbons (Fsp3) is 0.188. The molecule has 0 amide bonds. The Hall–Kier alpha value is -1.88. The average molecular weight is 352 g/mol. The number of benzene rings is 2. The molecule has 2 aromatic rings. The van der Waals surface area contributed by atoms with Crippen molar-refractivity contribution in [2.45, 2.75) is 13.8 Å². The van der Waals surface area contributed by atoms with Crippen molar-refractivity contribution in [1.82, 2.24) is 0 Å². The summed E-state index contributed by atoms with van der Waals surface area (Å²) in [6.45, 7) is 3.84. The molecule has 0 aliphatic carbocycles. The van der Waals surface area contributed by atoms with Gasteiger partial charge in [-0.1, -0.05) is 15.9 Å². The molecule has 110 valence electrons. The maximum Gasteiger partial charge on any atom is 0.196 e. The van der Waals surface area contributed by atoms with Crippen LogP contribution in [0.3, 0.4) is 0 Å². The fourth-order valence-corrected chi connectivity index (χ4v) is 2.31. The largest absolute Gasteiger partial charge is 0.493 e. The molecule has 0 saturated carbocycles. The molecule has 0 bridgehead atoms. The van der Waals surface area contributed by atoms with Crippen LogP contribution in [0, 0.1) is 12.7 Å². The molecule has 0 fully saturated rings. The first kappa shape index (κ1) is 15.5. The van der Waals surface area contributed by atoms with Gasteiger partial charge in [0.1, 0.15) is 11.6 Å². The summed E-state index contributed by atoms with van der Waals surface area (Å²) in [5.74, 6) is -0.359. The minimum absolute atomic E-state index is 0.203. The molecular weight excluding hydrogens is 337 g/mol. The molecule has 0 aliphatic heterocycles. The van der Waals surface area contributed by atoms with E-state index in [-0.39, 0.29) is 17.0 Å². The number of carbonyl (C=O) groups is 1. The van der Waals surface area contributed by atoms with Gasteiger partial charge < -0.3 is 10.5 Å². The zero-order valence-corrected chi connectivity index (χ0v) is 13.3. The molecule has 2 N–H and O–H groups in total. The Kier molecular flexibility index (Phi) is 4.63. The van der Waals surface area contributed by atoms with Crippen LogP contribution in [-0.2, 0) is 0 Å². The first-order valence-electron chi connectivity index (χ1n) is 6.46. The Morgan fingerprint density at radius 1 is 1.33 bits per heavy atom. The third kappa shape index (κ3) is 3.24. The summed E-state index contributed by atoms with van der Waals surface area (Å²) in [7, 11) is 0. The molecule has 0 atom stereocenters. The van der Waals surface area contributed by atoms with Crippen molar-refractivity contribution in [1.29, 1.82) is 0 Å². The molecule has 0 saturated heterocycles. The highest BCUT2D eigenvalue weighted by Gasteiger charge is 2.17. The second kappa shape index (κ2) is 6.26. The van der Waals surface area contributed by atoms with Crippen LogP contribution in [0.2, 0.25) is 0 Å². The molecule has 0 heterocycles. The van der Waals surface area contributed by atoms with Gasteiger partial charge in [0.15, 0.2) is 5.78 Å². The van der Waals surface area contributed by atoms with E-state index in [0.717, 1.165) is 4.47 Å². The van der Waals surface area contributed by atoms with Gasteiger partial charge in [0.05, 0.1) is 12.2 Å². The normalized spacial score (nSPS) is 10.5. The molecule has 0 radical (unpaired) electrons. The minimum Gasteiger partial charge on any atom is -0.493 e. The highest BCUT2D eigenvalue weighted by Crippen LogP contribution is 2.27. The highest BCUT2D eigenvalue weighted by molar-refractivity contribution is 9.10. The van der Waals surface area contributed by atoms with Crippen LogP contribution in [0.1, 0.15) is 28.4 Å². The molecule has 3 nitrogen and oxygen atoms in total. The van der Waals surface area contributed by atoms with Crippen LogP contribution in [-0.4, -0.2) is 12.4 Å². The van der Waals surface area contributed by atoms with Crippen molar-refractivity contribution in [3.8, 4) is 5.75 Å². The predicted octanol–water partition coefficient (Wildman–Crippen LogP) is 4.11. The van der Waals surface area contributed by atoms with E-state index >= 15 is 0 Å². The SMILES string of the molecule is CCOc1ccc(Br)cc1C(=O)c1cc(N)c(C)c(F)c1. The van der Waals surface area contributed by atoms with E-state index in [1.54, 1.807) is 25.1 Å². The fourth-order valence-electron chi connectivity index (χ4n) is 1.95. The molecule has 0 aliphatic rings. The summed E-state index contributed by atoms with van der Waals surface area (Å²) in [5.41, 5.74) is 6.90. The quantitative estimate of drug-likeness (QED) is 0.666. The average Bonchev–Trinajstić information content (AvgIpc) is 2.45. The van der Waals surface area contributed by atoms with Crippen LogP contribution in [0.15, 0.2) is 34.8 Å². The number of nitrogens with two attached hydrogens (primary N) is 1. The van der Waals surface area contributed by atoms with Crippen LogP contribution in [0.25, 0.3) is 0 Å². The van der Waals surface area contributed by atoms with Crippen molar-refractivity contribution in [2.75, 3.05) is 12.3 Å². The number of nitrogen functional groups attached to an aromatic ring is 1. The molecule has 5 heteroatoms. The highest BCUT2D eigenvalue weighted by atomic mass is 79.9. The Labute approximate surface area is 131 Å². The summed E-state index contributed by atoms with van der Waals surface area (Å²) in [6, 6.07) is 7.82. The van der Waals surface area contributed by atoms with E-state index in [1.165, 1.54) is 12.1 Å². The zero-order chi connectivity index (χ0) is 15.6. The van der Waals surface area contributed by atoms with Crippen molar-refractivity contribution in [3.05, 3.63) is 57.3 Å². The summed E-state index contributed by atoms with van der Waals surface area (Å²) in [4.78, 5) is 12.6. The number of anilines is 1. The molecule has 2 aromatic carbocycles. The predicted molar refractivity (Wildman–Crippen MR) is 84.3 cm³/mol. The van der Waals surface area contributed by atoms with Crippen LogP contribution in [0.4, 0.5) is 10.1 Å². The van der Waals surface area contributed by atoms with Crippen molar-refractivity contribution < 1.29 is 13.9 Å². The number of hydrogen-bond donors (Lipinski definition) is 1. The molecule has 0 aromatic heterocycles. The van der Waals surface area contributed by atoms with Crippen LogP contribution < -0.4 is 10.5 Å².